The van der Waals surface area contributed by atoms with Crippen LogP contribution in [-0.4, -0.2) is 60.4 Å². The normalized spacial score (nSPS) is 19.0. The van der Waals surface area contributed by atoms with Crippen LogP contribution in [0.3, 0.4) is 0 Å². The molecule has 4 rings (SSSR count). The van der Waals surface area contributed by atoms with Gasteiger partial charge in [0.1, 0.15) is 17.9 Å². The van der Waals surface area contributed by atoms with Crippen LogP contribution in [0, 0.1) is 5.82 Å². The molecule has 10 nitrogen and oxygen atoms in total. The van der Waals surface area contributed by atoms with Crippen molar-refractivity contribution in [3.05, 3.63) is 27.8 Å². The van der Waals surface area contributed by atoms with Crippen molar-refractivity contribution in [2.45, 2.75) is 32.2 Å². The highest BCUT2D eigenvalue weighted by Gasteiger charge is 2.31. The number of ether oxygens (including phenoxy) is 1. The number of carbonyl (C=O) groups is 1. The summed E-state index contributed by atoms with van der Waals surface area (Å²) in [6.45, 7) is 2.72. The zero-order valence-corrected chi connectivity index (χ0v) is 18.4. The molecule has 0 bridgehead atoms. The summed E-state index contributed by atoms with van der Waals surface area (Å²) in [5, 5.41) is 11.9. The Kier molecular flexibility index (Phi) is 5.76. The van der Waals surface area contributed by atoms with Gasteiger partial charge in [-0.3, -0.25) is 4.79 Å². The van der Waals surface area contributed by atoms with Gasteiger partial charge in [0.05, 0.1) is 28.4 Å². The number of carboxylic acid groups (broad SMARTS) is 1. The number of aromatic nitrogens is 1. The highest BCUT2D eigenvalue weighted by atomic mass is 32.2. The number of piperidine rings is 1. The summed E-state index contributed by atoms with van der Waals surface area (Å²) in [6.07, 6.45) is 3.82. The quantitative estimate of drug-likeness (QED) is 0.543. The second kappa shape index (κ2) is 8.24. The average molecular weight is 469 g/mol. The fourth-order valence-corrected chi connectivity index (χ4v) is 5.67. The Hall–Kier alpha value is -2.86. The summed E-state index contributed by atoms with van der Waals surface area (Å²) in [4.78, 5) is 24.2. The molecular weight excluding hydrogens is 443 g/mol. The van der Waals surface area contributed by atoms with E-state index in [9.17, 15) is 23.1 Å². The predicted molar refractivity (Wildman–Crippen MR) is 117 cm³/mol. The van der Waals surface area contributed by atoms with Crippen molar-refractivity contribution in [1.29, 1.82) is 0 Å². The third kappa shape index (κ3) is 3.66. The molecular formula is C20H25FN4O6S. The molecule has 1 aromatic carbocycles. The molecule has 32 heavy (non-hydrogen) atoms. The first-order valence-electron chi connectivity index (χ1n) is 10.4. The maximum Gasteiger partial charge on any atom is 0.341 e. The van der Waals surface area contributed by atoms with Crippen molar-refractivity contribution in [2.75, 3.05) is 43.0 Å². The first-order valence-corrected chi connectivity index (χ1v) is 12.0. The van der Waals surface area contributed by atoms with Crippen LogP contribution in [0.5, 0.6) is 5.75 Å². The molecule has 12 heteroatoms. The van der Waals surface area contributed by atoms with Crippen LogP contribution < -0.4 is 21.2 Å². The number of hydrogen-bond acceptors (Lipinski definition) is 7. The second-order valence-corrected chi connectivity index (χ2v) is 10.2. The Balaban J connectivity index is 1.74. The van der Waals surface area contributed by atoms with Crippen molar-refractivity contribution in [3.63, 3.8) is 0 Å². The van der Waals surface area contributed by atoms with E-state index in [1.54, 1.807) is 6.92 Å². The summed E-state index contributed by atoms with van der Waals surface area (Å²) < 4.78 is 49.0. The molecule has 1 atom stereocenters. The number of aromatic carboxylic acids is 1. The number of nitrogens with two attached hydrogens (primary N) is 1. The molecule has 2 aliphatic rings. The van der Waals surface area contributed by atoms with Crippen LogP contribution >= 0.6 is 0 Å². The van der Waals surface area contributed by atoms with Gasteiger partial charge in [-0.2, -0.15) is 0 Å². The number of pyridine rings is 1. The molecule has 2 aliphatic heterocycles. The summed E-state index contributed by atoms with van der Waals surface area (Å²) >= 11 is 0. The zero-order valence-electron chi connectivity index (χ0n) is 17.6. The first kappa shape index (κ1) is 22.3. The lowest BCUT2D eigenvalue weighted by Gasteiger charge is -2.29. The number of carboxylic acids is 1. The number of anilines is 2. The molecule has 0 unspecified atom stereocenters. The van der Waals surface area contributed by atoms with Crippen molar-refractivity contribution >= 4 is 38.3 Å². The highest BCUT2D eigenvalue weighted by Crippen LogP contribution is 2.43. The number of halogens is 1. The van der Waals surface area contributed by atoms with E-state index in [1.165, 1.54) is 15.1 Å². The van der Waals surface area contributed by atoms with E-state index in [1.807, 2.05) is 0 Å². The van der Waals surface area contributed by atoms with E-state index < -0.39 is 38.5 Å². The van der Waals surface area contributed by atoms with Crippen LogP contribution in [0.4, 0.5) is 15.8 Å². The van der Waals surface area contributed by atoms with Gasteiger partial charge in [0.15, 0.2) is 11.6 Å². The van der Waals surface area contributed by atoms with Gasteiger partial charge in [0.25, 0.3) is 0 Å². The van der Waals surface area contributed by atoms with Gasteiger partial charge < -0.3 is 25.5 Å². The molecule has 1 saturated heterocycles. The lowest BCUT2D eigenvalue weighted by atomic mass is 10.0. The van der Waals surface area contributed by atoms with Gasteiger partial charge in [-0.15, -0.1) is 0 Å². The third-order valence-corrected chi connectivity index (χ3v) is 7.82. The molecule has 1 fully saturated rings. The van der Waals surface area contributed by atoms with Gasteiger partial charge in [-0.05, 0) is 19.8 Å². The summed E-state index contributed by atoms with van der Waals surface area (Å²) in [7, 11) is -3.51. The van der Waals surface area contributed by atoms with Crippen molar-refractivity contribution < 1.29 is 27.4 Å². The van der Waals surface area contributed by atoms with Crippen molar-refractivity contribution in [3.8, 4) is 5.75 Å². The fraction of sp³-hybridized carbons (Fsp3) is 0.500. The molecule has 3 heterocycles. The number of nitrogens with zero attached hydrogens (tertiary/aromatic N) is 2. The summed E-state index contributed by atoms with van der Waals surface area (Å²) in [6, 6.07) is -0.333. The lowest BCUT2D eigenvalue weighted by molar-refractivity contribution is 0.0694. The van der Waals surface area contributed by atoms with Gasteiger partial charge in [-0.1, -0.05) is 6.42 Å². The zero-order chi connectivity index (χ0) is 23.2. The largest absolute Gasteiger partial charge is 0.487 e. The van der Waals surface area contributed by atoms with E-state index in [4.69, 9.17) is 10.5 Å². The topological polar surface area (TPSA) is 144 Å². The Bertz CT molecular complexity index is 1250. The van der Waals surface area contributed by atoms with Crippen molar-refractivity contribution in [1.82, 2.24) is 8.87 Å². The van der Waals surface area contributed by atoms with Gasteiger partial charge in [-0.25, -0.2) is 21.9 Å². The smallest absolute Gasteiger partial charge is 0.341 e. The summed E-state index contributed by atoms with van der Waals surface area (Å²) in [5.74, 6) is -2.66. The molecule has 0 radical (unpaired) electrons. The minimum atomic E-state index is -3.51. The van der Waals surface area contributed by atoms with Crippen LogP contribution in [0.25, 0.3) is 10.9 Å². The van der Waals surface area contributed by atoms with E-state index in [0.29, 0.717) is 13.1 Å². The van der Waals surface area contributed by atoms with Crippen LogP contribution in [0.2, 0.25) is 0 Å². The van der Waals surface area contributed by atoms with Gasteiger partial charge >= 0.3 is 5.97 Å². The number of rotatable bonds is 6. The van der Waals surface area contributed by atoms with Crippen LogP contribution in [0.15, 0.2) is 11.0 Å². The SMILES string of the molecule is C[C@H]1COc2c(NCCS(=O)(=O)N3CCCCC3)c(F)c(N)c3c(=O)c(C(=O)O)cn1c23. The number of nitrogens with one attached hydrogen (secondary N) is 1. The van der Waals surface area contributed by atoms with Crippen LogP contribution in [0.1, 0.15) is 42.6 Å². The summed E-state index contributed by atoms with van der Waals surface area (Å²) in [5.41, 5.74) is 4.02. The maximum atomic E-state index is 15.2. The maximum absolute atomic E-state index is 15.2. The average Bonchev–Trinajstić information content (AvgIpc) is 2.76. The fourth-order valence-electron chi connectivity index (χ4n) is 4.24. The molecule has 0 aliphatic carbocycles. The van der Waals surface area contributed by atoms with E-state index in [-0.39, 0.29) is 47.3 Å². The molecule has 0 amide bonds. The van der Waals surface area contributed by atoms with Gasteiger partial charge in [0, 0.05) is 25.8 Å². The minimum Gasteiger partial charge on any atom is -0.487 e. The van der Waals surface area contributed by atoms with E-state index >= 15 is 4.39 Å². The molecule has 1 aromatic heterocycles. The number of nitrogen functional groups attached to an aromatic ring is 1. The standard InChI is InChI=1S/C20H25FN4O6S/c1-11-10-31-19-16(23-5-8-32(29,30)24-6-3-2-4-7-24)14(21)15(22)13-17(19)25(11)9-12(18(13)26)20(27)28/h9,11,23H,2-8,10,22H2,1H3,(H,27,28)/t11-/m0/s1. The van der Waals surface area contributed by atoms with Gasteiger partial charge in [0.2, 0.25) is 15.5 Å². The Morgan fingerprint density at radius 3 is 2.69 bits per heavy atom. The number of sulfonamides is 1. The third-order valence-electron chi connectivity index (χ3n) is 5.95. The number of hydrogen-bond donors (Lipinski definition) is 3. The molecule has 0 spiro atoms. The molecule has 2 aromatic rings. The van der Waals surface area contributed by atoms with Crippen LogP contribution in [-0.2, 0) is 10.0 Å². The highest BCUT2D eigenvalue weighted by molar-refractivity contribution is 7.89. The van der Waals surface area contributed by atoms with E-state index in [2.05, 4.69) is 5.32 Å². The Morgan fingerprint density at radius 2 is 2.03 bits per heavy atom. The molecule has 0 saturated carbocycles. The number of benzene rings is 1. The Morgan fingerprint density at radius 1 is 1.34 bits per heavy atom. The first-order chi connectivity index (χ1) is 15.1. The Labute approximate surface area is 183 Å². The predicted octanol–water partition coefficient (Wildman–Crippen LogP) is 1.60. The second-order valence-electron chi connectivity index (χ2n) is 8.10. The van der Waals surface area contributed by atoms with Crippen molar-refractivity contribution in [2.24, 2.45) is 0 Å². The lowest BCUT2D eigenvalue weighted by Crippen LogP contribution is -2.38. The monoisotopic (exact) mass is 468 g/mol. The minimum absolute atomic E-state index is 0.00853. The molecule has 4 N–H and O–H groups in total. The van der Waals surface area contributed by atoms with E-state index in [0.717, 1.165) is 19.3 Å². The molecule has 174 valence electrons.